The highest BCUT2D eigenvalue weighted by Crippen LogP contribution is 2.39. The number of thiazole rings is 1. The van der Waals surface area contributed by atoms with Crippen LogP contribution < -0.4 is 5.73 Å². The van der Waals surface area contributed by atoms with Crippen molar-refractivity contribution in [3.05, 3.63) is 16.5 Å². The highest BCUT2D eigenvalue weighted by molar-refractivity contribution is 7.15. The lowest BCUT2D eigenvalue weighted by Gasteiger charge is -2.34. The van der Waals surface area contributed by atoms with Crippen molar-refractivity contribution in [3.8, 4) is 10.8 Å². The van der Waals surface area contributed by atoms with Gasteiger partial charge in [-0.3, -0.25) is 0 Å². The number of hydrogen-bond acceptors (Lipinski definition) is 7. The van der Waals surface area contributed by atoms with Gasteiger partial charge in [0.15, 0.2) is 5.82 Å². The minimum atomic E-state index is -0.400. The van der Waals surface area contributed by atoms with Crippen LogP contribution in [0.25, 0.3) is 10.8 Å². The molecule has 0 amide bonds. The standard InChI is InChI=1S/C13H18N4O2S/c1-7-9(20-11(15-7)8(2)18-3)10-16-12(17-19-10)13(14)5-4-6-13/h8H,4-6,14H2,1-3H3. The maximum absolute atomic E-state index is 6.21. The number of nitrogens with zero attached hydrogens (tertiary/aromatic N) is 3. The van der Waals surface area contributed by atoms with Gasteiger partial charge in [0.1, 0.15) is 16.0 Å². The van der Waals surface area contributed by atoms with Gasteiger partial charge in [-0.25, -0.2) is 4.98 Å². The molecule has 108 valence electrons. The number of nitrogens with two attached hydrogens (primary N) is 1. The topological polar surface area (TPSA) is 87.1 Å². The van der Waals surface area contributed by atoms with Crippen LogP contribution in [0.2, 0.25) is 0 Å². The molecular weight excluding hydrogens is 276 g/mol. The zero-order valence-corrected chi connectivity index (χ0v) is 12.7. The SMILES string of the molecule is COC(C)c1nc(C)c(-c2nc(C3(N)CCC3)no2)s1. The molecule has 2 N–H and O–H groups in total. The van der Waals surface area contributed by atoms with Crippen molar-refractivity contribution < 1.29 is 9.26 Å². The van der Waals surface area contributed by atoms with Crippen molar-refractivity contribution >= 4 is 11.3 Å². The van der Waals surface area contributed by atoms with Crippen LogP contribution in [-0.2, 0) is 10.3 Å². The third-order valence-electron chi connectivity index (χ3n) is 3.83. The lowest BCUT2D eigenvalue weighted by atomic mass is 9.77. The smallest absolute Gasteiger partial charge is 0.269 e. The molecule has 0 saturated heterocycles. The predicted octanol–water partition coefficient (Wildman–Crippen LogP) is 2.55. The fraction of sp³-hybridized carbons (Fsp3) is 0.615. The van der Waals surface area contributed by atoms with E-state index in [1.807, 2.05) is 13.8 Å². The van der Waals surface area contributed by atoms with Gasteiger partial charge in [0.2, 0.25) is 0 Å². The predicted molar refractivity (Wildman–Crippen MR) is 75.3 cm³/mol. The largest absolute Gasteiger partial charge is 0.375 e. The normalized spacial score (nSPS) is 18.8. The van der Waals surface area contributed by atoms with Crippen LogP contribution >= 0.6 is 11.3 Å². The van der Waals surface area contributed by atoms with Crippen LogP contribution in [0.15, 0.2) is 4.52 Å². The van der Waals surface area contributed by atoms with Crippen molar-refractivity contribution in [2.45, 2.75) is 44.8 Å². The first-order valence-corrected chi connectivity index (χ1v) is 7.49. The molecule has 0 aromatic carbocycles. The van der Waals surface area contributed by atoms with Crippen LogP contribution in [0.5, 0.6) is 0 Å². The molecule has 1 saturated carbocycles. The Morgan fingerprint density at radius 2 is 2.15 bits per heavy atom. The van der Waals surface area contributed by atoms with E-state index in [4.69, 9.17) is 15.0 Å². The molecule has 7 heteroatoms. The van der Waals surface area contributed by atoms with E-state index in [0.717, 1.165) is 34.8 Å². The number of aryl methyl sites for hydroxylation is 1. The van der Waals surface area contributed by atoms with Gasteiger partial charge in [0, 0.05) is 7.11 Å². The minimum Gasteiger partial charge on any atom is -0.375 e. The van der Waals surface area contributed by atoms with Gasteiger partial charge < -0.3 is 15.0 Å². The average Bonchev–Trinajstić information content (AvgIpc) is 3.01. The fourth-order valence-electron chi connectivity index (χ4n) is 2.19. The third-order valence-corrected chi connectivity index (χ3v) is 5.13. The monoisotopic (exact) mass is 294 g/mol. The van der Waals surface area contributed by atoms with Gasteiger partial charge in [-0.1, -0.05) is 5.16 Å². The molecule has 1 aliphatic rings. The second kappa shape index (κ2) is 4.91. The average molecular weight is 294 g/mol. The van der Waals surface area contributed by atoms with Crippen LogP contribution in [0.1, 0.15) is 48.8 Å². The van der Waals surface area contributed by atoms with E-state index < -0.39 is 5.54 Å². The van der Waals surface area contributed by atoms with E-state index in [1.54, 1.807) is 7.11 Å². The Labute approximate surface area is 121 Å². The molecule has 0 spiro atoms. The highest BCUT2D eigenvalue weighted by Gasteiger charge is 2.39. The zero-order chi connectivity index (χ0) is 14.3. The summed E-state index contributed by atoms with van der Waals surface area (Å²) in [5, 5.41) is 4.95. The summed E-state index contributed by atoms with van der Waals surface area (Å²) in [5.41, 5.74) is 6.69. The lowest BCUT2D eigenvalue weighted by molar-refractivity contribution is 0.119. The summed E-state index contributed by atoms with van der Waals surface area (Å²) in [7, 11) is 1.67. The number of methoxy groups -OCH3 is 1. The molecule has 20 heavy (non-hydrogen) atoms. The molecule has 0 radical (unpaired) electrons. The van der Waals surface area contributed by atoms with Crippen LogP contribution in [0.3, 0.4) is 0 Å². The van der Waals surface area contributed by atoms with Gasteiger partial charge in [-0.05, 0) is 33.1 Å². The Bertz CT molecular complexity index is 618. The molecule has 2 aromatic heterocycles. The second-order valence-corrected chi connectivity index (χ2v) is 6.31. The van der Waals surface area contributed by atoms with E-state index in [9.17, 15) is 0 Å². The van der Waals surface area contributed by atoms with E-state index in [-0.39, 0.29) is 6.10 Å². The minimum absolute atomic E-state index is 0.0395. The van der Waals surface area contributed by atoms with E-state index in [1.165, 1.54) is 11.3 Å². The highest BCUT2D eigenvalue weighted by atomic mass is 32.1. The second-order valence-electron chi connectivity index (χ2n) is 5.28. The van der Waals surface area contributed by atoms with E-state index in [2.05, 4.69) is 15.1 Å². The van der Waals surface area contributed by atoms with Gasteiger partial charge in [-0.15, -0.1) is 11.3 Å². The molecule has 1 fully saturated rings. The molecule has 3 rings (SSSR count). The first kappa shape index (κ1) is 13.7. The van der Waals surface area contributed by atoms with Gasteiger partial charge >= 0.3 is 0 Å². The van der Waals surface area contributed by atoms with Crippen molar-refractivity contribution in [1.82, 2.24) is 15.1 Å². The summed E-state index contributed by atoms with van der Waals surface area (Å²) in [5.74, 6) is 1.11. The first-order chi connectivity index (χ1) is 9.53. The fourth-order valence-corrected chi connectivity index (χ4v) is 3.21. The maximum Gasteiger partial charge on any atom is 0.269 e. The third kappa shape index (κ3) is 2.15. The molecule has 2 heterocycles. The first-order valence-electron chi connectivity index (χ1n) is 6.67. The van der Waals surface area contributed by atoms with Gasteiger partial charge in [0.05, 0.1) is 11.2 Å². The van der Waals surface area contributed by atoms with Crippen molar-refractivity contribution in [2.75, 3.05) is 7.11 Å². The van der Waals surface area contributed by atoms with Crippen LogP contribution in [0, 0.1) is 6.92 Å². The number of rotatable bonds is 4. The number of aromatic nitrogens is 3. The van der Waals surface area contributed by atoms with Crippen LogP contribution in [0.4, 0.5) is 0 Å². The van der Waals surface area contributed by atoms with E-state index in [0.29, 0.717) is 11.7 Å². The van der Waals surface area contributed by atoms with E-state index >= 15 is 0 Å². The Balaban J connectivity index is 1.91. The van der Waals surface area contributed by atoms with Crippen molar-refractivity contribution in [1.29, 1.82) is 0 Å². The number of ether oxygens (including phenoxy) is 1. The number of hydrogen-bond donors (Lipinski definition) is 1. The van der Waals surface area contributed by atoms with Gasteiger partial charge in [0.25, 0.3) is 5.89 Å². The lowest BCUT2D eigenvalue weighted by Crippen LogP contribution is -2.44. The summed E-state index contributed by atoms with van der Waals surface area (Å²) in [4.78, 5) is 9.85. The summed E-state index contributed by atoms with van der Waals surface area (Å²) < 4.78 is 10.7. The summed E-state index contributed by atoms with van der Waals surface area (Å²) >= 11 is 1.52. The molecular formula is C13H18N4O2S. The molecule has 6 nitrogen and oxygen atoms in total. The van der Waals surface area contributed by atoms with Crippen molar-refractivity contribution in [3.63, 3.8) is 0 Å². The molecule has 0 bridgehead atoms. The molecule has 1 atom stereocenters. The summed E-state index contributed by atoms with van der Waals surface area (Å²) in [6.07, 6.45) is 2.91. The Morgan fingerprint density at radius 1 is 1.40 bits per heavy atom. The van der Waals surface area contributed by atoms with Crippen LogP contribution in [-0.4, -0.2) is 22.2 Å². The molecule has 1 aliphatic carbocycles. The Kier molecular flexibility index (Phi) is 3.35. The summed E-state index contributed by atoms with van der Waals surface area (Å²) in [6, 6.07) is 0. The summed E-state index contributed by atoms with van der Waals surface area (Å²) in [6.45, 7) is 3.90. The molecule has 0 aliphatic heterocycles. The van der Waals surface area contributed by atoms with Gasteiger partial charge in [-0.2, -0.15) is 4.98 Å². The maximum atomic E-state index is 6.21. The quantitative estimate of drug-likeness (QED) is 0.932. The zero-order valence-electron chi connectivity index (χ0n) is 11.8. The Morgan fingerprint density at radius 3 is 2.75 bits per heavy atom. The molecule has 2 aromatic rings. The van der Waals surface area contributed by atoms with Crippen molar-refractivity contribution in [2.24, 2.45) is 5.73 Å². The molecule has 1 unspecified atom stereocenters. The Hall–Kier alpha value is -1.31.